The molecule has 0 aliphatic carbocycles. The first kappa shape index (κ1) is 10.0. The van der Waals surface area contributed by atoms with Gasteiger partial charge in [-0.25, -0.2) is 0 Å². The van der Waals surface area contributed by atoms with Crippen LogP contribution < -0.4 is 5.32 Å². The van der Waals surface area contributed by atoms with E-state index in [1.165, 1.54) is 11.3 Å². The van der Waals surface area contributed by atoms with Gasteiger partial charge in [0.1, 0.15) is 16.8 Å². The summed E-state index contributed by atoms with van der Waals surface area (Å²) in [4.78, 5) is 12.4. The van der Waals surface area contributed by atoms with E-state index in [9.17, 15) is 4.79 Å². The minimum atomic E-state index is -0.200. The Morgan fingerprint density at radius 2 is 2.46 bits per heavy atom. The van der Waals surface area contributed by atoms with Gasteiger partial charge in [0.25, 0.3) is 0 Å². The second-order valence-corrected chi connectivity index (χ2v) is 3.72. The molecule has 0 radical (unpaired) electrons. The largest absolute Gasteiger partial charge is 0.350 e. The van der Waals surface area contributed by atoms with Gasteiger partial charge in [0, 0.05) is 4.88 Å². The van der Waals surface area contributed by atoms with Crippen molar-refractivity contribution in [3.8, 4) is 6.07 Å². The molecule has 1 rings (SSSR count). The van der Waals surface area contributed by atoms with Crippen molar-refractivity contribution in [2.75, 3.05) is 5.88 Å². The molecule has 0 saturated heterocycles. The summed E-state index contributed by atoms with van der Waals surface area (Å²) in [7, 11) is 0. The lowest BCUT2D eigenvalue weighted by molar-refractivity contribution is -0.118. The Kier molecular flexibility index (Phi) is 3.74. The highest BCUT2D eigenvalue weighted by atomic mass is 35.5. The van der Waals surface area contributed by atoms with Crippen molar-refractivity contribution >= 4 is 28.8 Å². The van der Waals surface area contributed by atoms with Gasteiger partial charge < -0.3 is 5.32 Å². The Balaban J connectivity index is 2.46. The van der Waals surface area contributed by atoms with Crippen LogP contribution in [0.3, 0.4) is 0 Å². The van der Waals surface area contributed by atoms with Gasteiger partial charge >= 0.3 is 0 Å². The average Bonchev–Trinajstić information content (AvgIpc) is 2.61. The first-order valence-corrected chi connectivity index (χ1v) is 4.93. The molecule has 0 saturated carbocycles. The first-order valence-electron chi connectivity index (χ1n) is 3.57. The molecule has 0 aliphatic heterocycles. The van der Waals surface area contributed by atoms with Crippen molar-refractivity contribution in [3.63, 3.8) is 0 Å². The molecule has 0 aromatic carbocycles. The van der Waals surface area contributed by atoms with Crippen LogP contribution in [0, 0.1) is 11.3 Å². The van der Waals surface area contributed by atoms with Crippen LogP contribution in [0.4, 0.5) is 0 Å². The predicted molar refractivity (Wildman–Crippen MR) is 51.6 cm³/mol. The maximum absolute atomic E-state index is 10.8. The monoisotopic (exact) mass is 214 g/mol. The lowest BCUT2D eigenvalue weighted by atomic mass is 10.4. The van der Waals surface area contributed by atoms with E-state index in [0.29, 0.717) is 11.4 Å². The predicted octanol–water partition coefficient (Wildman–Crippen LogP) is 1.47. The number of nitrogens with zero attached hydrogens (tertiary/aromatic N) is 1. The van der Waals surface area contributed by atoms with E-state index in [1.54, 1.807) is 6.07 Å². The van der Waals surface area contributed by atoms with Crippen LogP contribution in [-0.4, -0.2) is 11.8 Å². The molecule has 1 aromatic rings. The van der Waals surface area contributed by atoms with E-state index in [0.717, 1.165) is 4.88 Å². The van der Waals surface area contributed by atoms with Gasteiger partial charge in [-0.15, -0.1) is 22.9 Å². The molecule has 5 heteroatoms. The number of hydrogen-bond donors (Lipinski definition) is 1. The van der Waals surface area contributed by atoms with E-state index in [4.69, 9.17) is 16.9 Å². The van der Waals surface area contributed by atoms with Crippen LogP contribution in [0.25, 0.3) is 0 Å². The lowest BCUT2D eigenvalue weighted by Gasteiger charge is -1.98. The molecular formula is C8H7ClN2OS. The van der Waals surface area contributed by atoms with Gasteiger partial charge in [0.15, 0.2) is 0 Å². The van der Waals surface area contributed by atoms with Gasteiger partial charge in [-0.3, -0.25) is 4.79 Å². The Morgan fingerprint density at radius 1 is 1.69 bits per heavy atom. The Hall–Kier alpha value is -1.05. The number of nitrogens with one attached hydrogen (secondary N) is 1. The molecule has 13 heavy (non-hydrogen) atoms. The van der Waals surface area contributed by atoms with Crippen molar-refractivity contribution in [2.24, 2.45) is 0 Å². The van der Waals surface area contributed by atoms with Crippen molar-refractivity contribution in [1.82, 2.24) is 5.32 Å². The van der Waals surface area contributed by atoms with Crippen LogP contribution in [-0.2, 0) is 11.3 Å². The van der Waals surface area contributed by atoms with E-state index in [2.05, 4.69) is 5.32 Å². The summed E-state index contributed by atoms with van der Waals surface area (Å²) < 4.78 is 0. The highest BCUT2D eigenvalue weighted by molar-refractivity contribution is 7.12. The number of alkyl halides is 1. The van der Waals surface area contributed by atoms with Crippen LogP contribution in [0.15, 0.2) is 12.1 Å². The Bertz CT molecular complexity index is 342. The summed E-state index contributed by atoms with van der Waals surface area (Å²) in [5.41, 5.74) is 0. The molecule has 3 nitrogen and oxygen atoms in total. The van der Waals surface area contributed by atoms with E-state index in [-0.39, 0.29) is 11.8 Å². The molecule has 0 unspecified atom stereocenters. The summed E-state index contributed by atoms with van der Waals surface area (Å²) in [5.74, 6) is -0.232. The zero-order valence-corrected chi connectivity index (χ0v) is 8.28. The van der Waals surface area contributed by atoms with Crippen molar-refractivity contribution < 1.29 is 4.79 Å². The molecule has 0 aliphatic rings. The smallest absolute Gasteiger partial charge is 0.235 e. The maximum atomic E-state index is 10.8. The minimum Gasteiger partial charge on any atom is -0.350 e. The Morgan fingerprint density at radius 3 is 3.00 bits per heavy atom. The van der Waals surface area contributed by atoms with Crippen LogP contribution in [0.2, 0.25) is 0 Å². The van der Waals surface area contributed by atoms with E-state index in [1.807, 2.05) is 12.1 Å². The molecule has 1 amide bonds. The average molecular weight is 215 g/mol. The van der Waals surface area contributed by atoms with Crippen molar-refractivity contribution in [2.45, 2.75) is 6.54 Å². The third-order valence-electron chi connectivity index (χ3n) is 1.35. The quantitative estimate of drug-likeness (QED) is 0.775. The second kappa shape index (κ2) is 4.85. The third kappa shape index (κ3) is 3.05. The molecule has 0 fully saturated rings. The highest BCUT2D eigenvalue weighted by Crippen LogP contribution is 2.14. The minimum absolute atomic E-state index is 0.0313. The fraction of sp³-hybridized carbons (Fsp3) is 0.250. The molecule has 68 valence electrons. The molecular weight excluding hydrogens is 208 g/mol. The number of rotatable bonds is 3. The van der Waals surface area contributed by atoms with Crippen LogP contribution in [0.5, 0.6) is 0 Å². The zero-order valence-electron chi connectivity index (χ0n) is 6.71. The maximum Gasteiger partial charge on any atom is 0.235 e. The number of nitriles is 1. The molecule has 1 N–H and O–H groups in total. The molecule has 0 bridgehead atoms. The Labute approximate surface area is 84.9 Å². The third-order valence-corrected chi connectivity index (χ3v) is 2.59. The van der Waals surface area contributed by atoms with Crippen molar-refractivity contribution in [1.29, 1.82) is 5.26 Å². The van der Waals surface area contributed by atoms with Gasteiger partial charge in [0.2, 0.25) is 5.91 Å². The van der Waals surface area contributed by atoms with E-state index >= 15 is 0 Å². The van der Waals surface area contributed by atoms with Crippen molar-refractivity contribution in [3.05, 3.63) is 21.9 Å². The zero-order chi connectivity index (χ0) is 9.68. The summed E-state index contributed by atoms with van der Waals surface area (Å²) in [5, 5.41) is 11.1. The lowest BCUT2D eigenvalue weighted by Crippen LogP contribution is -2.23. The molecule has 1 heterocycles. The molecule has 0 spiro atoms. The van der Waals surface area contributed by atoms with Crippen LogP contribution in [0.1, 0.15) is 9.75 Å². The highest BCUT2D eigenvalue weighted by Gasteiger charge is 2.01. The number of hydrogen-bond acceptors (Lipinski definition) is 3. The number of thiophene rings is 1. The fourth-order valence-electron chi connectivity index (χ4n) is 0.766. The summed E-state index contributed by atoms with van der Waals surface area (Å²) in [6.07, 6.45) is 0. The summed E-state index contributed by atoms with van der Waals surface area (Å²) in [6.45, 7) is 0.442. The first-order chi connectivity index (χ1) is 6.26. The second-order valence-electron chi connectivity index (χ2n) is 2.29. The topological polar surface area (TPSA) is 52.9 Å². The van der Waals surface area contributed by atoms with Gasteiger partial charge in [-0.05, 0) is 12.1 Å². The number of amides is 1. The van der Waals surface area contributed by atoms with E-state index < -0.39 is 0 Å². The van der Waals surface area contributed by atoms with Gasteiger partial charge in [-0.1, -0.05) is 0 Å². The molecule has 1 aromatic heterocycles. The number of carbonyl (C=O) groups is 1. The summed E-state index contributed by atoms with van der Waals surface area (Å²) >= 11 is 6.66. The standard InChI is InChI=1S/C8H7ClN2OS/c9-3-8(12)11-5-7-2-1-6(4-10)13-7/h1-2H,3,5H2,(H,11,12). The molecule has 0 atom stereocenters. The SMILES string of the molecule is N#Cc1ccc(CNC(=O)CCl)s1. The number of carbonyl (C=O) groups excluding carboxylic acids is 1. The van der Waals surface area contributed by atoms with Crippen LogP contribution >= 0.6 is 22.9 Å². The number of halogens is 1. The fourth-order valence-corrected chi connectivity index (χ4v) is 1.61. The summed E-state index contributed by atoms with van der Waals surface area (Å²) in [6, 6.07) is 5.57. The normalized spacial score (nSPS) is 9.23. The van der Waals surface area contributed by atoms with Gasteiger partial charge in [-0.2, -0.15) is 5.26 Å². The van der Waals surface area contributed by atoms with Gasteiger partial charge in [0.05, 0.1) is 6.54 Å².